The molecule has 0 unspecified atom stereocenters. The number of hydrogen-bond acceptors (Lipinski definition) is 6. The highest BCUT2D eigenvalue weighted by Gasteiger charge is 2.31. The summed E-state index contributed by atoms with van der Waals surface area (Å²) < 4.78 is 59.6. The van der Waals surface area contributed by atoms with E-state index >= 15 is 0 Å². The molecule has 3 amide bonds. The highest BCUT2D eigenvalue weighted by Crippen LogP contribution is 2.26. The van der Waals surface area contributed by atoms with Crippen LogP contribution < -0.4 is 20.7 Å². The smallest absolute Gasteiger partial charge is 0.313 e. The first-order chi connectivity index (χ1) is 21.9. The molecule has 0 saturated heterocycles. The van der Waals surface area contributed by atoms with Crippen LogP contribution in [0.1, 0.15) is 12.0 Å². The highest BCUT2D eigenvalue weighted by molar-refractivity contribution is 6.40. The molecule has 14 heteroatoms. The summed E-state index contributed by atoms with van der Waals surface area (Å²) in [5.41, 5.74) is 0.835. The fourth-order valence-electron chi connectivity index (χ4n) is 4.41. The van der Waals surface area contributed by atoms with Gasteiger partial charge in [-0.1, -0.05) is 66.7 Å². The monoisotopic (exact) mass is 639 g/mol. The summed E-state index contributed by atoms with van der Waals surface area (Å²) in [6.07, 6.45) is -1.24. The summed E-state index contributed by atoms with van der Waals surface area (Å²) in [4.78, 5) is 63.4. The molecule has 0 aliphatic heterocycles. The number of aliphatic carboxylic acids is 1. The second-order valence-electron chi connectivity index (χ2n) is 9.91. The number of halogens is 4. The molecule has 0 spiro atoms. The Morgan fingerprint density at radius 1 is 0.739 bits per heavy atom. The van der Waals surface area contributed by atoms with E-state index in [-0.39, 0.29) is 12.5 Å². The average molecular weight is 640 g/mol. The lowest BCUT2D eigenvalue weighted by Gasteiger charge is -2.22. The van der Waals surface area contributed by atoms with Crippen LogP contribution in [-0.2, 0) is 30.4 Å². The van der Waals surface area contributed by atoms with Gasteiger partial charge in [-0.15, -0.1) is 0 Å². The maximum absolute atomic E-state index is 14.0. The van der Waals surface area contributed by atoms with Crippen molar-refractivity contribution in [3.8, 4) is 5.75 Å². The molecule has 0 saturated carbocycles. The molecule has 238 valence electrons. The summed E-state index contributed by atoms with van der Waals surface area (Å²) in [5.74, 6) is -15.3. The van der Waals surface area contributed by atoms with Gasteiger partial charge in [-0.3, -0.25) is 24.0 Å². The number of ketones is 1. The van der Waals surface area contributed by atoms with Crippen molar-refractivity contribution in [3.05, 3.63) is 108 Å². The number of carbonyl (C=O) groups is 5. The van der Waals surface area contributed by atoms with Crippen LogP contribution in [0.15, 0.2) is 78.9 Å². The lowest BCUT2D eigenvalue weighted by molar-refractivity contribution is -0.141. The van der Waals surface area contributed by atoms with Gasteiger partial charge in [0.15, 0.2) is 23.2 Å². The van der Waals surface area contributed by atoms with Crippen LogP contribution in [-0.4, -0.2) is 53.3 Å². The Bertz CT molecular complexity index is 1770. The molecule has 4 rings (SSSR count). The zero-order chi connectivity index (χ0) is 33.4. The molecule has 0 radical (unpaired) electrons. The number of carboxylic acid groups (broad SMARTS) is 1. The predicted octanol–water partition coefficient (Wildman–Crippen LogP) is 3.67. The Balaban J connectivity index is 1.51. The van der Waals surface area contributed by atoms with Crippen molar-refractivity contribution < 1.29 is 51.4 Å². The van der Waals surface area contributed by atoms with Crippen LogP contribution in [0.25, 0.3) is 10.8 Å². The van der Waals surface area contributed by atoms with Crippen LogP contribution in [0.2, 0.25) is 0 Å². The first kappa shape index (κ1) is 33.1. The Morgan fingerprint density at radius 3 is 2.04 bits per heavy atom. The van der Waals surface area contributed by atoms with Crippen molar-refractivity contribution in [2.75, 3.05) is 11.9 Å². The molecule has 2 atom stereocenters. The van der Waals surface area contributed by atoms with Crippen molar-refractivity contribution in [2.45, 2.75) is 24.9 Å². The van der Waals surface area contributed by atoms with E-state index in [4.69, 9.17) is 0 Å². The number of hydrogen-bond donors (Lipinski definition) is 4. The molecule has 0 fully saturated rings. The molecule has 4 aromatic rings. The minimum Gasteiger partial charge on any atom is -0.481 e. The molecule has 4 aromatic carbocycles. The maximum Gasteiger partial charge on any atom is 0.313 e. The quantitative estimate of drug-likeness (QED) is 0.105. The van der Waals surface area contributed by atoms with E-state index in [9.17, 15) is 46.6 Å². The first-order valence-corrected chi connectivity index (χ1v) is 13.6. The molecular weight excluding hydrogens is 614 g/mol. The van der Waals surface area contributed by atoms with Gasteiger partial charge in [0, 0.05) is 23.6 Å². The second-order valence-corrected chi connectivity index (χ2v) is 9.91. The number of anilines is 1. The van der Waals surface area contributed by atoms with Crippen molar-refractivity contribution in [2.24, 2.45) is 0 Å². The zero-order valence-electron chi connectivity index (χ0n) is 23.7. The molecule has 0 aliphatic carbocycles. The van der Waals surface area contributed by atoms with Gasteiger partial charge in [-0.25, -0.2) is 8.78 Å². The lowest BCUT2D eigenvalue weighted by atomic mass is 10.0. The number of fused-ring (bicyclic) bond motifs is 1. The number of ether oxygens (including phenoxy) is 1. The van der Waals surface area contributed by atoms with Gasteiger partial charge in [0.05, 0.1) is 6.42 Å². The summed E-state index contributed by atoms with van der Waals surface area (Å²) in [5, 5.41) is 17.6. The van der Waals surface area contributed by atoms with Crippen LogP contribution in [0.5, 0.6) is 5.75 Å². The minimum absolute atomic E-state index is 0.0731. The van der Waals surface area contributed by atoms with Gasteiger partial charge < -0.3 is 25.8 Å². The van der Waals surface area contributed by atoms with Gasteiger partial charge in [-0.05, 0) is 17.0 Å². The summed E-state index contributed by atoms with van der Waals surface area (Å²) in [6, 6.07) is 16.8. The average Bonchev–Trinajstić information content (AvgIpc) is 3.03. The fourth-order valence-corrected chi connectivity index (χ4v) is 4.41. The third-order valence-corrected chi connectivity index (χ3v) is 6.66. The SMILES string of the molecule is O=C(O)C[C@H](NC(=O)[C@H](Cc1ccccc1)NC(=O)C(=O)Nc1cccc2ccccc12)C(=O)COc1c(F)c(F)cc(F)c1F. The van der Waals surface area contributed by atoms with Crippen LogP contribution in [0.3, 0.4) is 0 Å². The maximum atomic E-state index is 14.0. The third kappa shape index (κ3) is 8.22. The Hall–Kier alpha value is -5.79. The van der Waals surface area contributed by atoms with Crippen molar-refractivity contribution in [1.29, 1.82) is 0 Å². The van der Waals surface area contributed by atoms with E-state index < -0.39 is 83.6 Å². The minimum atomic E-state index is -1.93. The molecular formula is C32H25F4N3O7. The van der Waals surface area contributed by atoms with E-state index in [1.807, 2.05) is 0 Å². The van der Waals surface area contributed by atoms with Gasteiger partial charge in [-0.2, -0.15) is 8.78 Å². The number of benzene rings is 4. The summed E-state index contributed by atoms with van der Waals surface area (Å²) in [7, 11) is 0. The number of amides is 3. The topological polar surface area (TPSA) is 151 Å². The van der Waals surface area contributed by atoms with E-state index in [2.05, 4.69) is 20.7 Å². The van der Waals surface area contributed by atoms with Gasteiger partial charge in [0.2, 0.25) is 17.5 Å². The lowest BCUT2D eigenvalue weighted by Crippen LogP contribution is -2.55. The Labute approximate surface area is 258 Å². The molecule has 0 bridgehead atoms. The molecule has 0 heterocycles. The highest BCUT2D eigenvalue weighted by atomic mass is 19.2. The molecule has 10 nitrogen and oxygen atoms in total. The molecule has 0 aliphatic rings. The largest absolute Gasteiger partial charge is 0.481 e. The normalized spacial score (nSPS) is 12.1. The number of nitrogens with one attached hydrogen (secondary N) is 3. The van der Waals surface area contributed by atoms with Crippen molar-refractivity contribution >= 4 is 45.9 Å². The van der Waals surface area contributed by atoms with E-state index in [0.29, 0.717) is 16.6 Å². The fraction of sp³-hybridized carbons (Fsp3) is 0.156. The van der Waals surface area contributed by atoms with E-state index in [0.717, 1.165) is 5.39 Å². The number of carbonyl (C=O) groups excluding carboxylic acids is 4. The standard InChI is InChI=1S/C32H25F4N3O7/c33-20-14-21(34)28(36)29(27(20)35)46-16-25(40)23(15-26(41)42)38-30(43)24(13-17-7-2-1-3-8-17)39-32(45)31(44)37-22-12-6-10-18-9-4-5-11-19(18)22/h1-12,14,23-24H,13,15-16H2,(H,37,44)(H,38,43)(H,39,45)(H,41,42)/t23-,24-/m0/s1. The zero-order valence-corrected chi connectivity index (χ0v) is 23.7. The molecule has 0 aromatic heterocycles. The first-order valence-electron chi connectivity index (χ1n) is 13.6. The van der Waals surface area contributed by atoms with Crippen molar-refractivity contribution in [3.63, 3.8) is 0 Å². The van der Waals surface area contributed by atoms with Crippen LogP contribution in [0, 0.1) is 23.3 Å². The molecule has 46 heavy (non-hydrogen) atoms. The van der Waals surface area contributed by atoms with E-state index in [1.54, 1.807) is 72.8 Å². The van der Waals surface area contributed by atoms with Gasteiger partial charge >= 0.3 is 17.8 Å². The van der Waals surface area contributed by atoms with Gasteiger partial charge in [0.25, 0.3) is 0 Å². The van der Waals surface area contributed by atoms with Gasteiger partial charge in [0.1, 0.15) is 18.7 Å². The number of carboxylic acids is 1. The third-order valence-electron chi connectivity index (χ3n) is 6.66. The second kappa shape index (κ2) is 14.8. The van der Waals surface area contributed by atoms with Crippen LogP contribution in [0.4, 0.5) is 23.2 Å². The van der Waals surface area contributed by atoms with E-state index in [1.165, 1.54) is 0 Å². The van der Waals surface area contributed by atoms with Crippen LogP contribution >= 0.6 is 0 Å². The Morgan fingerprint density at radius 2 is 1.37 bits per heavy atom. The number of rotatable bonds is 12. The summed E-state index contributed by atoms with van der Waals surface area (Å²) >= 11 is 0. The molecule has 4 N–H and O–H groups in total. The predicted molar refractivity (Wildman–Crippen MR) is 156 cm³/mol. The summed E-state index contributed by atoms with van der Waals surface area (Å²) in [6.45, 7) is -1.29. The van der Waals surface area contributed by atoms with Crippen molar-refractivity contribution in [1.82, 2.24) is 10.6 Å². The Kier molecular flexibility index (Phi) is 10.6. The number of Topliss-reactive ketones (excluding diaryl/α,β-unsaturated/α-hetero) is 1.